The molecule has 0 spiro atoms. The molecule has 1 heterocycles. The van der Waals surface area contributed by atoms with Gasteiger partial charge in [-0.15, -0.1) is 0 Å². The van der Waals surface area contributed by atoms with Gasteiger partial charge in [0.05, 0.1) is 6.54 Å². The van der Waals surface area contributed by atoms with E-state index >= 15 is 0 Å². The fourth-order valence-electron chi connectivity index (χ4n) is 2.46. The van der Waals surface area contributed by atoms with Gasteiger partial charge in [0.25, 0.3) is 0 Å². The molecule has 1 amide bonds. The number of carboxylic acids is 1. The van der Waals surface area contributed by atoms with Crippen LogP contribution in [0.15, 0.2) is 30.3 Å². The zero-order valence-corrected chi connectivity index (χ0v) is 15.4. The van der Waals surface area contributed by atoms with Gasteiger partial charge >= 0.3 is 22.3 Å². The summed E-state index contributed by atoms with van der Waals surface area (Å²) in [6.45, 7) is 5.40. The lowest BCUT2D eigenvalue weighted by molar-refractivity contribution is -0.146. The fourth-order valence-corrected chi connectivity index (χ4v) is 4.30. The molecule has 8 nitrogen and oxygen atoms in total. The second-order valence-electron chi connectivity index (χ2n) is 7.07. The van der Waals surface area contributed by atoms with Crippen LogP contribution < -0.4 is 0 Å². The molecule has 1 N–H and O–H groups in total. The van der Waals surface area contributed by atoms with Crippen molar-refractivity contribution < 1.29 is 27.9 Å². The number of hydrogen-bond acceptors (Lipinski definition) is 5. The van der Waals surface area contributed by atoms with Crippen LogP contribution in [0.25, 0.3) is 0 Å². The highest BCUT2D eigenvalue weighted by atomic mass is 32.2. The minimum Gasteiger partial charge on any atom is -0.480 e. The minimum absolute atomic E-state index is 0.161. The molecule has 1 fully saturated rings. The normalized spacial score (nSPS) is 23.4. The zero-order valence-electron chi connectivity index (χ0n) is 14.6. The first-order chi connectivity index (χ1) is 11.4. The van der Waals surface area contributed by atoms with Gasteiger partial charge in [0.1, 0.15) is 5.60 Å². The lowest BCUT2D eigenvalue weighted by atomic mass is 10.0. The molecule has 0 aromatic heterocycles. The molecule has 1 saturated heterocycles. The molecule has 138 valence electrons. The Hall–Kier alpha value is -2.13. The fraction of sp³-hybridized carbons (Fsp3) is 0.500. The number of aliphatic carboxylic acids is 1. The maximum absolute atomic E-state index is 12.8. The number of carbonyl (C=O) groups is 2. The first kappa shape index (κ1) is 19.2. The number of ether oxygens (including phenoxy) is 1. The lowest BCUT2D eigenvalue weighted by Gasteiger charge is -2.27. The second kappa shape index (κ2) is 6.30. The molecule has 0 bridgehead atoms. The van der Waals surface area contributed by atoms with Gasteiger partial charge in [-0.2, -0.15) is 17.0 Å². The zero-order chi connectivity index (χ0) is 19.0. The smallest absolute Gasteiger partial charge is 0.425 e. The molecular weight excluding hydrogens is 348 g/mol. The topological polar surface area (TPSA) is 104 Å². The molecule has 0 radical (unpaired) electrons. The molecule has 2 rings (SSSR count). The largest absolute Gasteiger partial charge is 0.480 e. The van der Waals surface area contributed by atoms with Crippen LogP contribution in [-0.2, 0) is 26.3 Å². The van der Waals surface area contributed by atoms with E-state index in [4.69, 9.17) is 4.74 Å². The van der Waals surface area contributed by atoms with Crippen LogP contribution in [0.2, 0.25) is 0 Å². The first-order valence-corrected chi connectivity index (χ1v) is 9.08. The first-order valence-electron chi connectivity index (χ1n) is 7.69. The van der Waals surface area contributed by atoms with Crippen LogP contribution >= 0.6 is 0 Å². The van der Waals surface area contributed by atoms with Gasteiger partial charge in [0.15, 0.2) is 5.54 Å². The van der Waals surface area contributed by atoms with E-state index in [-0.39, 0.29) is 6.54 Å². The van der Waals surface area contributed by atoms with Gasteiger partial charge in [0, 0.05) is 6.54 Å². The summed E-state index contributed by atoms with van der Waals surface area (Å²) in [5.41, 5.74) is -2.07. The Kier molecular flexibility index (Phi) is 4.84. The number of amides is 1. The third kappa shape index (κ3) is 3.77. The highest BCUT2D eigenvalue weighted by molar-refractivity contribution is 7.87. The Balaban J connectivity index is 2.42. The summed E-state index contributed by atoms with van der Waals surface area (Å²) < 4.78 is 32.1. The van der Waals surface area contributed by atoms with Crippen LogP contribution in [0, 0.1) is 0 Å². The molecule has 9 heteroatoms. The molecule has 0 aliphatic carbocycles. The summed E-state index contributed by atoms with van der Waals surface area (Å²) in [6, 6.07) is 8.59. The van der Waals surface area contributed by atoms with Gasteiger partial charge in [-0.25, -0.2) is 4.79 Å². The van der Waals surface area contributed by atoms with Gasteiger partial charge in [-0.1, -0.05) is 30.3 Å². The Labute approximate surface area is 147 Å². The number of rotatable bonds is 3. The number of carboxylic acid groups (broad SMARTS) is 1. The average Bonchev–Trinajstić information content (AvgIpc) is 2.68. The van der Waals surface area contributed by atoms with Crippen molar-refractivity contribution >= 4 is 22.3 Å². The van der Waals surface area contributed by atoms with Crippen LogP contribution in [0.1, 0.15) is 33.3 Å². The van der Waals surface area contributed by atoms with Crippen molar-refractivity contribution in [3.8, 4) is 0 Å². The molecule has 1 aromatic rings. The van der Waals surface area contributed by atoms with Crippen molar-refractivity contribution in [2.75, 3.05) is 6.54 Å². The van der Waals surface area contributed by atoms with E-state index < -0.39 is 40.0 Å². The predicted octanol–water partition coefficient (Wildman–Crippen LogP) is 1.83. The van der Waals surface area contributed by atoms with E-state index in [1.807, 2.05) is 0 Å². The summed E-state index contributed by atoms with van der Waals surface area (Å²) >= 11 is 0. The van der Waals surface area contributed by atoms with Gasteiger partial charge < -0.3 is 9.84 Å². The Morgan fingerprint density at radius 3 is 2.28 bits per heavy atom. The van der Waals surface area contributed by atoms with E-state index in [2.05, 4.69) is 0 Å². The quantitative estimate of drug-likeness (QED) is 0.870. The van der Waals surface area contributed by atoms with Crippen molar-refractivity contribution in [1.82, 2.24) is 8.61 Å². The highest BCUT2D eigenvalue weighted by Crippen LogP contribution is 2.34. The molecule has 1 aliphatic heterocycles. The summed E-state index contributed by atoms with van der Waals surface area (Å²) in [5, 5.41) is 9.60. The van der Waals surface area contributed by atoms with E-state index in [1.54, 1.807) is 51.1 Å². The summed E-state index contributed by atoms with van der Waals surface area (Å²) in [4.78, 5) is 24.1. The third-order valence-electron chi connectivity index (χ3n) is 3.79. The monoisotopic (exact) mass is 370 g/mol. The van der Waals surface area contributed by atoms with Crippen LogP contribution in [-0.4, -0.2) is 51.9 Å². The molecule has 25 heavy (non-hydrogen) atoms. The van der Waals surface area contributed by atoms with Crippen molar-refractivity contribution in [3.63, 3.8) is 0 Å². The molecule has 1 atom stereocenters. The average molecular weight is 370 g/mol. The van der Waals surface area contributed by atoms with Crippen molar-refractivity contribution in [3.05, 3.63) is 35.9 Å². The lowest BCUT2D eigenvalue weighted by Crippen LogP contribution is -2.50. The van der Waals surface area contributed by atoms with E-state index in [1.165, 1.54) is 6.92 Å². The summed E-state index contributed by atoms with van der Waals surface area (Å²) in [7, 11) is -4.34. The number of nitrogens with zero attached hydrogens (tertiary/aromatic N) is 2. The predicted molar refractivity (Wildman–Crippen MR) is 89.9 cm³/mol. The third-order valence-corrected chi connectivity index (χ3v) is 5.71. The number of benzene rings is 1. The van der Waals surface area contributed by atoms with Crippen LogP contribution in [0.4, 0.5) is 4.79 Å². The molecule has 0 saturated carbocycles. The molecule has 1 unspecified atom stereocenters. The Morgan fingerprint density at radius 2 is 1.80 bits per heavy atom. The second-order valence-corrected chi connectivity index (χ2v) is 8.84. The Morgan fingerprint density at radius 1 is 1.24 bits per heavy atom. The Bertz CT molecular complexity index is 772. The van der Waals surface area contributed by atoms with Crippen molar-refractivity contribution in [2.45, 2.75) is 45.4 Å². The van der Waals surface area contributed by atoms with E-state index in [0.29, 0.717) is 9.87 Å². The van der Waals surface area contributed by atoms with Crippen molar-refractivity contribution in [1.29, 1.82) is 0 Å². The van der Waals surface area contributed by atoms with Crippen LogP contribution in [0.3, 0.4) is 0 Å². The van der Waals surface area contributed by atoms with E-state index in [9.17, 15) is 23.1 Å². The maximum atomic E-state index is 12.8. The van der Waals surface area contributed by atoms with E-state index in [0.717, 1.165) is 4.31 Å². The van der Waals surface area contributed by atoms with Crippen LogP contribution in [0.5, 0.6) is 0 Å². The number of hydrogen-bond donors (Lipinski definition) is 1. The van der Waals surface area contributed by atoms with Gasteiger partial charge in [0.2, 0.25) is 0 Å². The molecular formula is C16H22N2O6S. The van der Waals surface area contributed by atoms with Crippen molar-refractivity contribution in [2.24, 2.45) is 0 Å². The molecule has 1 aromatic carbocycles. The minimum atomic E-state index is -4.34. The standard InChI is InChI=1S/C16H22N2O6S/c1-15(2,3)24-14(21)17-11-16(4,13(19)20)18(25(17,22)23)10-12-8-6-5-7-9-12/h5-9H,10-11H2,1-4H3,(H,19,20). The maximum Gasteiger partial charge on any atom is 0.425 e. The highest BCUT2D eigenvalue weighted by Gasteiger charge is 2.58. The number of carbonyl (C=O) groups excluding carboxylic acids is 1. The summed E-state index contributed by atoms with van der Waals surface area (Å²) in [5.74, 6) is -1.34. The van der Waals surface area contributed by atoms with Gasteiger partial charge in [-0.05, 0) is 33.3 Å². The summed E-state index contributed by atoms with van der Waals surface area (Å²) in [6.07, 6.45) is -1.09. The molecule has 1 aliphatic rings. The van der Waals surface area contributed by atoms with Gasteiger partial charge in [-0.3, -0.25) is 4.79 Å². The SMILES string of the molecule is CC(C)(C)OC(=O)N1CC(C)(C(=O)O)N(Cc2ccccc2)S1(=O)=O.